The first kappa shape index (κ1) is 10.9. The Balaban J connectivity index is 2.20. The van der Waals surface area contributed by atoms with Gasteiger partial charge in [0, 0.05) is 31.3 Å². The zero-order chi connectivity index (χ0) is 11.5. The van der Waals surface area contributed by atoms with E-state index in [1.807, 2.05) is 24.1 Å². The Morgan fingerprint density at radius 3 is 2.81 bits per heavy atom. The summed E-state index contributed by atoms with van der Waals surface area (Å²) in [5, 5.41) is 11.3. The second-order valence-electron chi connectivity index (χ2n) is 3.97. The molecule has 0 aliphatic carbocycles. The fourth-order valence-corrected chi connectivity index (χ4v) is 1.77. The van der Waals surface area contributed by atoms with Crippen LogP contribution in [0.5, 0.6) is 0 Å². The summed E-state index contributed by atoms with van der Waals surface area (Å²) in [4.78, 5) is 0. The highest BCUT2D eigenvalue weighted by molar-refractivity contribution is 5.28. The summed E-state index contributed by atoms with van der Waals surface area (Å²) in [5.74, 6) is 0. The molecule has 3 N–H and O–H groups in total. The zero-order valence-electron chi connectivity index (χ0n) is 9.70. The molecule has 0 amide bonds. The molecule has 0 saturated carbocycles. The first-order chi connectivity index (χ1) is 7.72. The van der Waals surface area contributed by atoms with Crippen LogP contribution < -0.4 is 5.73 Å². The molecule has 2 aromatic rings. The lowest BCUT2D eigenvalue weighted by Crippen LogP contribution is -2.05. The molecule has 16 heavy (non-hydrogen) atoms. The predicted octanol–water partition coefficient (Wildman–Crippen LogP) is 0.544. The van der Waals surface area contributed by atoms with Crippen LogP contribution in [-0.4, -0.2) is 26.5 Å². The number of nitrogens with zero attached hydrogens (tertiary/aromatic N) is 3. The number of aromatic nitrogens is 4. The highest BCUT2D eigenvalue weighted by atomic mass is 15.3. The fraction of sp³-hybridized carbons (Fsp3) is 0.455. The Bertz CT molecular complexity index is 468. The van der Waals surface area contributed by atoms with Crippen molar-refractivity contribution in [1.82, 2.24) is 20.0 Å². The molecule has 0 saturated heterocycles. The summed E-state index contributed by atoms with van der Waals surface area (Å²) < 4.78 is 1.89. The molecule has 0 aromatic carbocycles. The monoisotopic (exact) mass is 219 g/mol. The summed E-state index contributed by atoms with van der Waals surface area (Å²) in [6, 6.07) is 0. The standard InChI is InChI=1S/C11H17N5/c1-8-9(7-14-16(8)2)5-10-6-13-15-11(10)3-4-12/h6-7H,3-5,12H2,1-2H3,(H,13,15). The van der Waals surface area contributed by atoms with E-state index in [4.69, 9.17) is 5.73 Å². The molecule has 2 heterocycles. The van der Waals surface area contributed by atoms with E-state index in [0.717, 1.165) is 18.5 Å². The van der Waals surface area contributed by atoms with E-state index in [-0.39, 0.29) is 0 Å². The Labute approximate surface area is 94.7 Å². The van der Waals surface area contributed by atoms with Gasteiger partial charge in [-0.2, -0.15) is 10.2 Å². The molecule has 5 nitrogen and oxygen atoms in total. The summed E-state index contributed by atoms with van der Waals surface area (Å²) in [7, 11) is 1.95. The van der Waals surface area contributed by atoms with Gasteiger partial charge in [0.15, 0.2) is 0 Å². The van der Waals surface area contributed by atoms with E-state index in [2.05, 4.69) is 22.2 Å². The van der Waals surface area contributed by atoms with Crippen LogP contribution in [0.1, 0.15) is 22.5 Å². The fourth-order valence-electron chi connectivity index (χ4n) is 1.77. The topological polar surface area (TPSA) is 72.5 Å². The van der Waals surface area contributed by atoms with Crippen LogP contribution in [0.3, 0.4) is 0 Å². The van der Waals surface area contributed by atoms with Gasteiger partial charge in [0.05, 0.1) is 12.4 Å². The SMILES string of the molecule is Cc1c(Cc2cn[nH]c2CCN)cnn1C. The highest BCUT2D eigenvalue weighted by Crippen LogP contribution is 2.14. The van der Waals surface area contributed by atoms with E-state index in [1.165, 1.54) is 16.8 Å². The van der Waals surface area contributed by atoms with Gasteiger partial charge < -0.3 is 5.73 Å². The van der Waals surface area contributed by atoms with Crippen LogP contribution in [0.15, 0.2) is 12.4 Å². The molecule has 0 fully saturated rings. The van der Waals surface area contributed by atoms with Gasteiger partial charge in [-0.05, 0) is 24.6 Å². The second kappa shape index (κ2) is 4.49. The van der Waals surface area contributed by atoms with E-state index in [9.17, 15) is 0 Å². The Morgan fingerprint density at radius 2 is 2.19 bits per heavy atom. The van der Waals surface area contributed by atoms with Crippen LogP contribution in [0.25, 0.3) is 0 Å². The third-order valence-electron chi connectivity index (χ3n) is 2.92. The third-order valence-corrected chi connectivity index (χ3v) is 2.92. The first-order valence-electron chi connectivity index (χ1n) is 5.41. The first-order valence-corrected chi connectivity index (χ1v) is 5.41. The minimum atomic E-state index is 0.640. The number of nitrogens with one attached hydrogen (secondary N) is 1. The number of hydrogen-bond acceptors (Lipinski definition) is 3. The molecule has 0 spiro atoms. The van der Waals surface area contributed by atoms with Crippen molar-refractivity contribution in [2.24, 2.45) is 12.8 Å². The van der Waals surface area contributed by atoms with Crippen molar-refractivity contribution in [3.8, 4) is 0 Å². The highest BCUT2D eigenvalue weighted by Gasteiger charge is 2.09. The van der Waals surface area contributed by atoms with E-state index in [1.54, 1.807) is 0 Å². The van der Waals surface area contributed by atoms with Gasteiger partial charge in [-0.15, -0.1) is 0 Å². The predicted molar refractivity (Wildman–Crippen MR) is 62.1 cm³/mol. The molecule has 2 rings (SSSR count). The van der Waals surface area contributed by atoms with Crippen molar-refractivity contribution in [2.75, 3.05) is 6.54 Å². The lowest BCUT2D eigenvalue weighted by Gasteiger charge is -2.01. The quantitative estimate of drug-likeness (QED) is 0.788. The molecule has 86 valence electrons. The van der Waals surface area contributed by atoms with Gasteiger partial charge in [-0.3, -0.25) is 9.78 Å². The van der Waals surface area contributed by atoms with Crippen LogP contribution in [0.4, 0.5) is 0 Å². The number of aromatic amines is 1. The van der Waals surface area contributed by atoms with Crippen LogP contribution >= 0.6 is 0 Å². The van der Waals surface area contributed by atoms with Crippen molar-refractivity contribution in [3.63, 3.8) is 0 Å². The lowest BCUT2D eigenvalue weighted by atomic mass is 10.1. The Morgan fingerprint density at radius 1 is 1.38 bits per heavy atom. The normalized spacial score (nSPS) is 10.9. The third kappa shape index (κ3) is 1.99. The van der Waals surface area contributed by atoms with Gasteiger partial charge in [0.25, 0.3) is 0 Å². The summed E-state index contributed by atoms with van der Waals surface area (Å²) >= 11 is 0. The van der Waals surface area contributed by atoms with Gasteiger partial charge in [-0.1, -0.05) is 0 Å². The van der Waals surface area contributed by atoms with Gasteiger partial charge in [-0.25, -0.2) is 0 Å². The Kier molecular flexibility index (Phi) is 3.05. The number of aryl methyl sites for hydroxylation is 1. The number of hydrogen-bond donors (Lipinski definition) is 2. The van der Waals surface area contributed by atoms with E-state index < -0.39 is 0 Å². The zero-order valence-corrected chi connectivity index (χ0v) is 9.70. The maximum Gasteiger partial charge on any atom is 0.0527 e. The smallest absolute Gasteiger partial charge is 0.0527 e. The number of rotatable bonds is 4. The lowest BCUT2D eigenvalue weighted by molar-refractivity contribution is 0.738. The van der Waals surface area contributed by atoms with Crippen molar-refractivity contribution in [2.45, 2.75) is 19.8 Å². The molecule has 0 radical (unpaired) electrons. The molecule has 0 bridgehead atoms. The molecule has 0 atom stereocenters. The van der Waals surface area contributed by atoms with Crippen molar-refractivity contribution < 1.29 is 0 Å². The molecule has 5 heteroatoms. The minimum absolute atomic E-state index is 0.640. The summed E-state index contributed by atoms with van der Waals surface area (Å²) in [5.41, 5.74) is 10.3. The summed E-state index contributed by atoms with van der Waals surface area (Å²) in [6.07, 6.45) is 5.49. The maximum atomic E-state index is 5.55. The van der Waals surface area contributed by atoms with Gasteiger partial charge in [0.1, 0.15) is 0 Å². The van der Waals surface area contributed by atoms with Crippen LogP contribution in [0.2, 0.25) is 0 Å². The maximum absolute atomic E-state index is 5.55. The van der Waals surface area contributed by atoms with E-state index in [0.29, 0.717) is 6.54 Å². The number of H-pyrrole nitrogens is 1. The second-order valence-corrected chi connectivity index (χ2v) is 3.97. The van der Waals surface area contributed by atoms with E-state index >= 15 is 0 Å². The molecular weight excluding hydrogens is 202 g/mol. The number of nitrogens with two attached hydrogens (primary N) is 1. The Hall–Kier alpha value is -1.62. The minimum Gasteiger partial charge on any atom is -0.330 e. The van der Waals surface area contributed by atoms with Crippen molar-refractivity contribution in [3.05, 3.63) is 34.9 Å². The van der Waals surface area contributed by atoms with Gasteiger partial charge >= 0.3 is 0 Å². The molecule has 0 unspecified atom stereocenters. The van der Waals surface area contributed by atoms with Crippen molar-refractivity contribution in [1.29, 1.82) is 0 Å². The summed E-state index contributed by atoms with van der Waals surface area (Å²) in [6.45, 7) is 2.71. The van der Waals surface area contributed by atoms with Gasteiger partial charge in [0.2, 0.25) is 0 Å². The van der Waals surface area contributed by atoms with Crippen LogP contribution in [-0.2, 0) is 19.9 Å². The molecule has 0 aliphatic heterocycles. The molecule has 0 aliphatic rings. The van der Waals surface area contributed by atoms with Crippen molar-refractivity contribution >= 4 is 0 Å². The molecule has 2 aromatic heterocycles. The average molecular weight is 219 g/mol. The average Bonchev–Trinajstić information content (AvgIpc) is 2.82. The largest absolute Gasteiger partial charge is 0.330 e. The molecular formula is C11H17N5. The van der Waals surface area contributed by atoms with Crippen LogP contribution in [0, 0.1) is 6.92 Å².